The SMILES string of the molecule is Fc1c(CC2CCNCC2)c(Br)cc2c1OCCO2. The van der Waals surface area contributed by atoms with Gasteiger partial charge >= 0.3 is 0 Å². The summed E-state index contributed by atoms with van der Waals surface area (Å²) in [6, 6.07) is 1.83. The second-order valence-corrected chi connectivity index (χ2v) is 5.93. The van der Waals surface area contributed by atoms with Crippen molar-refractivity contribution >= 4 is 15.9 Å². The van der Waals surface area contributed by atoms with Crippen LogP contribution in [0.4, 0.5) is 4.39 Å². The van der Waals surface area contributed by atoms with E-state index in [1.165, 1.54) is 0 Å². The minimum absolute atomic E-state index is 0.261. The molecule has 0 radical (unpaired) electrons. The van der Waals surface area contributed by atoms with E-state index >= 15 is 0 Å². The van der Waals surface area contributed by atoms with Crippen molar-refractivity contribution in [3.8, 4) is 11.5 Å². The predicted octanol–water partition coefficient (Wildman–Crippen LogP) is 2.90. The lowest BCUT2D eigenvalue weighted by Gasteiger charge is -2.25. The molecule has 0 amide bonds. The van der Waals surface area contributed by atoms with Gasteiger partial charge in [-0.05, 0) is 44.3 Å². The van der Waals surface area contributed by atoms with Gasteiger partial charge in [-0.2, -0.15) is 0 Å². The number of rotatable bonds is 2. The van der Waals surface area contributed by atoms with Crippen LogP contribution in [0.25, 0.3) is 0 Å². The van der Waals surface area contributed by atoms with Crippen LogP contribution in [0.3, 0.4) is 0 Å². The van der Waals surface area contributed by atoms with Gasteiger partial charge in [0.1, 0.15) is 13.2 Å². The Morgan fingerprint density at radius 3 is 2.79 bits per heavy atom. The molecular weight excluding hydrogens is 313 g/mol. The van der Waals surface area contributed by atoms with Crippen LogP contribution in [0, 0.1) is 11.7 Å². The zero-order valence-electron chi connectivity index (χ0n) is 10.7. The van der Waals surface area contributed by atoms with Crippen molar-refractivity contribution in [1.29, 1.82) is 0 Å². The molecule has 2 aliphatic heterocycles. The third-order valence-electron chi connectivity index (χ3n) is 3.77. The number of benzene rings is 1. The van der Waals surface area contributed by atoms with Crippen molar-refractivity contribution < 1.29 is 13.9 Å². The van der Waals surface area contributed by atoms with Crippen LogP contribution >= 0.6 is 15.9 Å². The highest BCUT2D eigenvalue weighted by Crippen LogP contribution is 2.40. The normalized spacial score (nSPS) is 19.5. The molecule has 3 rings (SSSR count). The quantitative estimate of drug-likeness (QED) is 0.905. The van der Waals surface area contributed by atoms with Crippen LogP contribution in [0.2, 0.25) is 0 Å². The Bertz CT molecular complexity index is 475. The fourth-order valence-corrected chi connectivity index (χ4v) is 3.26. The Balaban J connectivity index is 1.87. The van der Waals surface area contributed by atoms with Crippen LogP contribution in [0.1, 0.15) is 18.4 Å². The third-order valence-corrected chi connectivity index (χ3v) is 4.48. The van der Waals surface area contributed by atoms with Crippen molar-refractivity contribution in [1.82, 2.24) is 5.32 Å². The first-order valence-corrected chi connectivity index (χ1v) is 7.52. The molecule has 3 nitrogen and oxygen atoms in total. The summed E-state index contributed by atoms with van der Waals surface area (Å²) in [5, 5.41) is 3.33. The molecule has 5 heteroatoms. The highest BCUT2D eigenvalue weighted by molar-refractivity contribution is 9.10. The zero-order valence-corrected chi connectivity index (χ0v) is 12.3. The van der Waals surface area contributed by atoms with Crippen molar-refractivity contribution in [2.75, 3.05) is 26.3 Å². The van der Waals surface area contributed by atoms with E-state index < -0.39 is 0 Å². The van der Waals surface area contributed by atoms with Gasteiger partial charge < -0.3 is 14.8 Å². The van der Waals surface area contributed by atoms with E-state index in [1.54, 1.807) is 0 Å². The first-order valence-electron chi connectivity index (χ1n) is 6.73. The number of halogens is 2. The van der Waals surface area contributed by atoms with Gasteiger partial charge in [-0.3, -0.25) is 0 Å². The average molecular weight is 330 g/mol. The van der Waals surface area contributed by atoms with Crippen LogP contribution in [0.5, 0.6) is 11.5 Å². The maximum absolute atomic E-state index is 14.5. The first-order chi connectivity index (χ1) is 9.25. The molecule has 1 N–H and O–H groups in total. The summed E-state index contributed by atoms with van der Waals surface area (Å²) in [6.45, 7) is 2.94. The Hall–Kier alpha value is -0.810. The summed E-state index contributed by atoms with van der Waals surface area (Å²) < 4.78 is 26.1. The highest BCUT2D eigenvalue weighted by atomic mass is 79.9. The van der Waals surface area contributed by atoms with Gasteiger partial charge in [0.25, 0.3) is 0 Å². The predicted molar refractivity (Wildman–Crippen MR) is 74.4 cm³/mol. The summed E-state index contributed by atoms with van der Waals surface area (Å²) in [7, 11) is 0. The fraction of sp³-hybridized carbons (Fsp3) is 0.571. The summed E-state index contributed by atoms with van der Waals surface area (Å²) in [5.41, 5.74) is 0.719. The maximum atomic E-state index is 14.5. The Labute approximate surface area is 120 Å². The molecule has 0 aliphatic carbocycles. The van der Waals surface area contributed by atoms with Gasteiger partial charge in [-0.1, -0.05) is 15.9 Å². The minimum Gasteiger partial charge on any atom is -0.486 e. The molecule has 1 aromatic carbocycles. The minimum atomic E-state index is -0.261. The van der Waals surface area contributed by atoms with E-state index in [0.29, 0.717) is 24.9 Å². The molecule has 0 saturated carbocycles. The van der Waals surface area contributed by atoms with E-state index in [2.05, 4.69) is 21.2 Å². The van der Waals surface area contributed by atoms with Crippen molar-refractivity contribution in [3.63, 3.8) is 0 Å². The summed E-state index contributed by atoms with van der Waals surface area (Å²) in [6.07, 6.45) is 2.95. The molecule has 104 valence electrons. The lowest BCUT2D eigenvalue weighted by molar-refractivity contribution is 0.163. The molecule has 1 fully saturated rings. The molecule has 2 aliphatic rings. The second-order valence-electron chi connectivity index (χ2n) is 5.07. The van der Waals surface area contributed by atoms with Crippen molar-refractivity contribution in [2.45, 2.75) is 19.3 Å². The molecule has 1 saturated heterocycles. The highest BCUT2D eigenvalue weighted by Gasteiger charge is 2.24. The van der Waals surface area contributed by atoms with Crippen molar-refractivity contribution in [3.05, 3.63) is 21.9 Å². The van der Waals surface area contributed by atoms with Crippen LogP contribution in [-0.4, -0.2) is 26.3 Å². The first kappa shape index (κ1) is 13.2. The average Bonchev–Trinajstić information content (AvgIpc) is 2.45. The molecule has 0 unspecified atom stereocenters. The van der Waals surface area contributed by atoms with E-state index in [0.717, 1.165) is 42.4 Å². The molecule has 0 aromatic heterocycles. The van der Waals surface area contributed by atoms with E-state index in [-0.39, 0.29) is 11.6 Å². The van der Waals surface area contributed by atoms with Gasteiger partial charge in [-0.25, -0.2) is 4.39 Å². The van der Waals surface area contributed by atoms with Gasteiger partial charge in [-0.15, -0.1) is 0 Å². The Kier molecular flexibility index (Phi) is 3.93. The number of nitrogens with one attached hydrogen (secondary N) is 1. The monoisotopic (exact) mass is 329 g/mol. The number of piperidine rings is 1. The zero-order chi connectivity index (χ0) is 13.2. The van der Waals surface area contributed by atoms with Gasteiger partial charge in [0.2, 0.25) is 0 Å². The molecule has 19 heavy (non-hydrogen) atoms. The largest absolute Gasteiger partial charge is 0.486 e. The van der Waals surface area contributed by atoms with Crippen LogP contribution in [0.15, 0.2) is 10.5 Å². The molecule has 0 spiro atoms. The van der Waals surface area contributed by atoms with Crippen LogP contribution in [-0.2, 0) is 6.42 Å². The van der Waals surface area contributed by atoms with E-state index in [9.17, 15) is 4.39 Å². The molecule has 2 heterocycles. The molecule has 0 bridgehead atoms. The Morgan fingerprint density at radius 1 is 1.26 bits per heavy atom. The van der Waals surface area contributed by atoms with Gasteiger partial charge in [0.15, 0.2) is 17.3 Å². The van der Waals surface area contributed by atoms with E-state index in [4.69, 9.17) is 9.47 Å². The number of hydrogen-bond donors (Lipinski definition) is 1. The number of fused-ring (bicyclic) bond motifs is 1. The third kappa shape index (κ3) is 2.72. The standard InChI is InChI=1S/C14H17BrFNO2/c15-11-8-12-14(19-6-5-18-12)13(16)10(11)7-9-1-3-17-4-2-9/h8-9,17H,1-7H2. The number of ether oxygens (including phenoxy) is 2. The lowest BCUT2D eigenvalue weighted by atomic mass is 9.90. The fourth-order valence-electron chi connectivity index (χ4n) is 2.72. The molecule has 0 atom stereocenters. The summed E-state index contributed by atoms with van der Waals surface area (Å²) >= 11 is 3.46. The topological polar surface area (TPSA) is 30.5 Å². The molecule has 1 aromatic rings. The van der Waals surface area contributed by atoms with Gasteiger partial charge in [0, 0.05) is 10.0 Å². The Morgan fingerprint density at radius 2 is 2.00 bits per heavy atom. The van der Waals surface area contributed by atoms with Crippen molar-refractivity contribution in [2.24, 2.45) is 5.92 Å². The van der Waals surface area contributed by atoms with E-state index in [1.807, 2.05) is 6.07 Å². The maximum Gasteiger partial charge on any atom is 0.197 e. The lowest BCUT2D eigenvalue weighted by Crippen LogP contribution is -2.29. The number of hydrogen-bond acceptors (Lipinski definition) is 3. The van der Waals surface area contributed by atoms with Gasteiger partial charge in [0.05, 0.1) is 0 Å². The summed E-state index contributed by atoms with van der Waals surface area (Å²) in [4.78, 5) is 0. The molecular formula is C14H17BrFNO2. The second kappa shape index (κ2) is 5.67. The summed E-state index contributed by atoms with van der Waals surface area (Å²) in [5.74, 6) is 1.06. The van der Waals surface area contributed by atoms with Crippen LogP contribution < -0.4 is 14.8 Å². The smallest absolute Gasteiger partial charge is 0.197 e.